The Kier molecular flexibility index (Phi) is 6.38. The summed E-state index contributed by atoms with van der Waals surface area (Å²) in [4.78, 5) is 0. The van der Waals surface area contributed by atoms with E-state index in [1.54, 1.807) is 6.26 Å². The minimum Gasteiger partial charge on any atom is -0.260 e. The third-order valence-electron chi connectivity index (χ3n) is 2.27. The molecule has 0 heterocycles. The van der Waals surface area contributed by atoms with Crippen molar-refractivity contribution in [2.45, 2.75) is 12.2 Å². The number of rotatable bonds is 7. The second-order valence-corrected chi connectivity index (χ2v) is 7.80. The summed E-state index contributed by atoms with van der Waals surface area (Å²) in [6.07, 6.45) is 2.07. The second-order valence-electron chi connectivity index (χ2n) is 4.03. The van der Waals surface area contributed by atoms with E-state index < -0.39 is 26.6 Å². The SMILES string of the molecule is C[S@](=O)CCCNS(=O)(=O)Cc1ccc(F)c(Cl)c1. The third kappa shape index (κ3) is 6.47. The van der Waals surface area contributed by atoms with Crippen molar-refractivity contribution in [2.75, 3.05) is 18.6 Å². The lowest BCUT2D eigenvalue weighted by molar-refractivity contribution is 0.579. The van der Waals surface area contributed by atoms with Gasteiger partial charge >= 0.3 is 0 Å². The first kappa shape index (κ1) is 16.6. The van der Waals surface area contributed by atoms with Crippen molar-refractivity contribution in [1.29, 1.82) is 0 Å². The van der Waals surface area contributed by atoms with Crippen molar-refractivity contribution in [3.63, 3.8) is 0 Å². The molecule has 0 aromatic heterocycles. The monoisotopic (exact) mass is 327 g/mol. The van der Waals surface area contributed by atoms with Gasteiger partial charge < -0.3 is 0 Å². The van der Waals surface area contributed by atoms with Gasteiger partial charge in [-0.15, -0.1) is 0 Å². The highest BCUT2D eigenvalue weighted by Crippen LogP contribution is 2.17. The summed E-state index contributed by atoms with van der Waals surface area (Å²) in [6.45, 7) is 0.233. The van der Waals surface area contributed by atoms with Crippen molar-refractivity contribution in [1.82, 2.24) is 4.72 Å². The van der Waals surface area contributed by atoms with Gasteiger partial charge in [0.15, 0.2) is 0 Å². The van der Waals surface area contributed by atoms with E-state index in [9.17, 15) is 17.0 Å². The number of hydrogen-bond donors (Lipinski definition) is 1. The molecule has 0 bridgehead atoms. The fraction of sp³-hybridized carbons (Fsp3) is 0.455. The fourth-order valence-corrected chi connectivity index (χ4v) is 3.33. The van der Waals surface area contributed by atoms with Gasteiger partial charge in [0.2, 0.25) is 10.0 Å². The van der Waals surface area contributed by atoms with E-state index in [0.717, 1.165) is 6.07 Å². The topological polar surface area (TPSA) is 63.2 Å². The highest BCUT2D eigenvalue weighted by Gasteiger charge is 2.12. The average Bonchev–Trinajstić information content (AvgIpc) is 2.29. The summed E-state index contributed by atoms with van der Waals surface area (Å²) in [5.74, 6) is -0.395. The van der Waals surface area contributed by atoms with Crippen LogP contribution in [0.15, 0.2) is 18.2 Å². The summed E-state index contributed by atoms with van der Waals surface area (Å²) in [5, 5.41) is -0.103. The largest absolute Gasteiger partial charge is 0.260 e. The smallest absolute Gasteiger partial charge is 0.215 e. The summed E-state index contributed by atoms with van der Waals surface area (Å²) in [5.41, 5.74) is 0.415. The molecule has 0 saturated carbocycles. The summed E-state index contributed by atoms with van der Waals surface area (Å²) in [7, 11) is -4.42. The zero-order chi connectivity index (χ0) is 14.5. The Labute approximate surface area is 119 Å². The number of nitrogens with one attached hydrogen (secondary N) is 1. The van der Waals surface area contributed by atoms with Gasteiger partial charge in [0.1, 0.15) is 5.82 Å². The van der Waals surface area contributed by atoms with Gasteiger partial charge in [-0.25, -0.2) is 17.5 Å². The Balaban J connectivity index is 2.54. The highest BCUT2D eigenvalue weighted by molar-refractivity contribution is 7.88. The maximum Gasteiger partial charge on any atom is 0.215 e. The van der Waals surface area contributed by atoms with Crippen LogP contribution in [0, 0.1) is 5.82 Å². The molecule has 1 rings (SSSR count). The van der Waals surface area contributed by atoms with Crippen LogP contribution in [0.5, 0.6) is 0 Å². The quantitative estimate of drug-likeness (QED) is 0.775. The molecule has 0 fully saturated rings. The first-order valence-electron chi connectivity index (χ1n) is 5.51. The number of halogens is 2. The molecule has 19 heavy (non-hydrogen) atoms. The molecule has 0 amide bonds. The lowest BCUT2D eigenvalue weighted by atomic mass is 10.2. The summed E-state index contributed by atoms with van der Waals surface area (Å²) in [6, 6.07) is 3.80. The fourth-order valence-electron chi connectivity index (χ4n) is 1.40. The molecule has 0 saturated heterocycles. The van der Waals surface area contributed by atoms with E-state index in [4.69, 9.17) is 11.6 Å². The third-order valence-corrected chi connectivity index (χ3v) is 4.78. The first-order chi connectivity index (χ1) is 8.80. The average molecular weight is 328 g/mol. The molecule has 0 radical (unpaired) electrons. The standard InChI is InChI=1S/C11H15ClFNO3S2/c1-18(15)6-2-5-14-19(16,17)8-9-3-4-11(13)10(12)7-9/h3-4,7,14H,2,5-6,8H2,1H3/t18-/m0/s1. The Bertz CT molecular complexity index is 563. The predicted octanol–water partition coefficient (Wildman–Crippen LogP) is 1.67. The molecular weight excluding hydrogens is 313 g/mol. The zero-order valence-corrected chi connectivity index (χ0v) is 12.7. The van der Waals surface area contributed by atoms with Gasteiger partial charge in [-0.1, -0.05) is 17.7 Å². The van der Waals surface area contributed by atoms with Crippen molar-refractivity contribution in [3.8, 4) is 0 Å². The van der Waals surface area contributed by atoms with Crippen LogP contribution in [0.3, 0.4) is 0 Å². The van der Waals surface area contributed by atoms with Crippen LogP contribution in [0.1, 0.15) is 12.0 Å². The molecule has 8 heteroatoms. The minimum atomic E-state index is -3.49. The number of sulfonamides is 1. The predicted molar refractivity (Wildman–Crippen MR) is 75.6 cm³/mol. The van der Waals surface area contributed by atoms with Gasteiger partial charge in [0.25, 0.3) is 0 Å². The lowest BCUT2D eigenvalue weighted by Gasteiger charge is -2.07. The summed E-state index contributed by atoms with van der Waals surface area (Å²) >= 11 is 5.58. The van der Waals surface area contributed by atoms with Crippen LogP contribution in [0.25, 0.3) is 0 Å². The van der Waals surface area contributed by atoms with Crippen LogP contribution >= 0.6 is 11.6 Å². The van der Waals surface area contributed by atoms with Gasteiger partial charge in [0, 0.05) is 29.4 Å². The minimum absolute atomic E-state index is 0.103. The molecule has 4 nitrogen and oxygen atoms in total. The van der Waals surface area contributed by atoms with Crippen LogP contribution in [-0.2, 0) is 26.6 Å². The van der Waals surface area contributed by atoms with Crippen LogP contribution in [0.4, 0.5) is 4.39 Å². The Morgan fingerprint density at radius 1 is 1.42 bits per heavy atom. The molecule has 0 aliphatic carbocycles. The van der Waals surface area contributed by atoms with Crippen molar-refractivity contribution in [2.24, 2.45) is 0 Å². The van der Waals surface area contributed by atoms with Crippen LogP contribution < -0.4 is 4.72 Å². The second kappa shape index (κ2) is 7.33. The van der Waals surface area contributed by atoms with E-state index in [-0.39, 0.29) is 17.3 Å². The van der Waals surface area contributed by atoms with Gasteiger partial charge in [0.05, 0.1) is 10.8 Å². The Morgan fingerprint density at radius 2 is 2.11 bits per heavy atom. The van der Waals surface area contributed by atoms with E-state index in [1.165, 1.54) is 12.1 Å². The van der Waals surface area contributed by atoms with E-state index in [0.29, 0.717) is 17.7 Å². The van der Waals surface area contributed by atoms with E-state index in [1.807, 2.05) is 0 Å². The first-order valence-corrected chi connectivity index (χ1v) is 9.27. The molecule has 1 aromatic carbocycles. The molecule has 0 aliphatic heterocycles. The molecule has 1 N–H and O–H groups in total. The maximum absolute atomic E-state index is 12.9. The molecule has 0 aliphatic rings. The Morgan fingerprint density at radius 3 is 2.68 bits per heavy atom. The molecule has 1 aromatic rings. The zero-order valence-electron chi connectivity index (χ0n) is 10.4. The van der Waals surface area contributed by atoms with Crippen molar-refractivity contribution >= 4 is 32.4 Å². The molecule has 0 spiro atoms. The van der Waals surface area contributed by atoms with Gasteiger partial charge in [-0.05, 0) is 24.1 Å². The van der Waals surface area contributed by atoms with E-state index in [2.05, 4.69) is 4.72 Å². The van der Waals surface area contributed by atoms with Crippen molar-refractivity contribution in [3.05, 3.63) is 34.6 Å². The molecule has 0 unspecified atom stereocenters. The maximum atomic E-state index is 12.9. The summed E-state index contributed by atoms with van der Waals surface area (Å²) < 4.78 is 49.6. The molecule has 1 atom stereocenters. The number of hydrogen-bond acceptors (Lipinski definition) is 3. The Hall–Kier alpha value is -0.500. The molecular formula is C11H15ClFNO3S2. The van der Waals surface area contributed by atoms with Gasteiger partial charge in [-0.3, -0.25) is 4.21 Å². The normalized spacial score (nSPS) is 13.4. The van der Waals surface area contributed by atoms with Crippen LogP contribution in [0.2, 0.25) is 5.02 Å². The number of benzene rings is 1. The highest BCUT2D eigenvalue weighted by atomic mass is 35.5. The van der Waals surface area contributed by atoms with Crippen molar-refractivity contribution < 1.29 is 17.0 Å². The lowest BCUT2D eigenvalue weighted by Crippen LogP contribution is -2.27. The molecule has 108 valence electrons. The van der Waals surface area contributed by atoms with Gasteiger partial charge in [-0.2, -0.15) is 0 Å². The van der Waals surface area contributed by atoms with Crippen LogP contribution in [-0.4, -0.2) is 31.2 Å². The van der Waals surface area contributed by atoms with E-state index >= 15 is 0 Å².